The van der Waals surface area contributed by atoms with E-state index < -0.39 is 0 Å². The van der Waals surface area contributed by atoms with Gasteiger partial charge in [0.2, 0.25) is 0 Å². The molecule has 1 aliphatic rings. The smallest absolute Gasteiger partial charge is 0.270 e. The van der Waals surface area contributed by atoms with E-state index in [0.717, 1.165) is 41.1 Å². The Labute approximate surface area is 139 Å². The van der Waals surface area contributed by atoms with Gasteiger partial charge in [0, 0.05) is 42.9 Å². The Hall–Kier alpha value is -1.59. The third-order valence-corrected chi connectivity index (χ3v) is 4.77. The Kier molecular flexibility index (Phi) is 4.36. The highest BCUT2D eigenvalue weighted by Gasteiger charge is 2.26. The molecule has 0 unspecified atom stereocenters. The predicted octanol–water partition coefficient (Wildman–Crippen LogP) is 2.89. The fraction of sp³-hybridized carbons (Fsp3) is 0.353. The van der Waals surface area contributed by atoms with Gasteiger partial charge >= 0.3 is 0 Å². The molecule has 1 aromatic carbocycles. The minimum absolute atomic E-state index is 0.111. The molecule has 22 heavy (non-hydrogen) atoms. The van der Waals surface area contributed by atoms with Crippen LogP contribution in [0.1, 0.15) is 17.4 Å². The number of carbonyl (C=O) groups is 1. The molecule has 0 saturated carbocycles. The number of hydrogen-bond donors (Lipinski definition) is 1. The third kappa shape index (κ3) is 2.83. The summed E-state index contributed by atoms with van der Waals surface area (Å²) in [7, 11) is 1.96. The highest BCUT2D eigenvalue weighted by atomic mass is 79.9. The van der Waals surface area contributed by atoms with E-state index >= 15 is 0 Å². The SMILES string of the molecule is C[C@H]1CNCCN1C(=O)c1ccc(-c2ccc(Br)cc2)n1C. The predicted molar refractivity (Wildman–Crippen MR) is 91.9 cm³/mol. The van der Waals surface area contributed by atoms with Crippen LogP contribution in [0.3, 0.4) is 0 Å². The van der Waals surface area contributed by atoms with Gasteiger partial charge < -0.3 is 14.8 Å². The first kappa shape index (κ1) is 15.3. The van der Waals surface area contributed by atoms with Crippen LogP contribution in [-0.2, 0) is 7.05 Å². The Morgan fingerprint density at radius 3 is 2.64 bits per heavy atom. The fourth-order valence-corrected chi connectivity index (χ4v) is 3.19. The number of nitrogens with zero attached hydrogens (tertiary/aromatic N) is 2. The van der Waals surface area contributed by atoms with Crippen molar-refractivity contribution in [1.29, 1.82) is 0 Å². The summed E-state index contributed by atoms with van der Waals surface area (Å²) in [6, 6.07) is 12.3. The zero-order valence-electron chi connectivity index (χ0n) is 12.8. The zero-order valence-corrected chi connectivity index (χ0v) is 14.4. The molecule has 0 bridgehead atoms. The first-order chi connectivity index (χ1) is 10.6. The molecule has 0 radical (unpaired) electrons. The summed E-state index contributed by atoms with van der Waals surface area (Å²) in [5.74, 6) is 0.111. The van der Waals surface area contributed by atoms with Crippen molar-refractivity contribution in [3.05, 3.63) is 46.6 Å². The standard InChI is InChI=1S/C17H20BrN3O/c1-12-11-19-9-10-21(12)17(22)16-8-7-15(20(16)2)13-3-5-14(18)6-4-13/h3-8,12,19H,9-11H2,1-2H3/t12-/m0/s1. The van der Waals surface area contributed by atoms with Gasteiger partial charge in [-0.15, -0.1) is 0 Å². The molecule has 0 spiro atoms. The third-order valence-electron chi connectivity index (χ3n) is 4.24. The summed E-state index contributed by atoms with van der Waals surface area (Å²) in [6.45, 7) is 4.57. The quantitative estimate of drug-likeness (QED) is 0.892. The van der Waals surface area contributed by atoms with E-state index in [0.29, 0.717) is 0 Å². The summed E-state index contributed by atoms with van der Waals surface area (Å²) in [6.07, 6.45) is 0. The van der Waals surface area contributed by atoms with Crippen LogP contribution in [0, 0.1) is 0 Å². The van der Waals surface area contributed by atoms with E-state index in [1.807, 2.05) is 40.8 Å². The molecule has 2 aromatic rings. The molecule has 1 amide bonds. The summed E-state index contributed by atoms with van der Waals surface area (Å²) < 4.78 is 3.04. The number of piperazine rings is 1. The largest absolute Gasteiger partial charge is 0.340 e. The van der Waals surface area contributed by atoms with Crippen LogP contribution in [0.2, 0.25) is 0 Å². The molecule has 1 aromatic heterocycles. The molecule has 4 nitrogen and oxygen atoms in total. The van der Waals surface area contributed by atoms with Gasteiger partial charge in [0.25, 0.3) is 5.91 Å². The average molecular weight is 362 g/mol. The van der Waals surface area contributed by atoms with Gasteiger partial charge in [0.1, 0.15) is 5.69 Å². The first-order valence-corrected chi connectivity index (χ1v) is 8.30. The van der Waals surface area contributed by atoms with Crippen molar-refractivity contribution in [2.45, 2.75) is 13.0 Å². The van der Waals surface area contributed by atoms with E-state index in [1.54, 1.807) is 0 Å². The molecule has 116 valence electrons. The lowest BCUT2D eigenvalue weighted by atomic mass is 10.1. The molecule has 2 heterocycles. The number of hydrogen-bond acceptors (Lipinski definition) is 2. The maximum absolute atomic E-state index is 12.8. The second-order valence-corrected chi connectivity index (χ2v) is 6.64. The Bertz CT molecular complexity index is 678. The fourth-order valence-electron chi connectivity index (χ4n) is 2.93. The van der Waals surface area contributed by atoms with Crippen molar-refractivity contribution in [3.63, 3.8) is 0 Å². The minimum Gasteiger partial charge on any atom is -0.340 e. The van der Waals surface area contributed by atoms with E-state index in [1.165, 1.54) is 0 Å². The highest BCUT2D eigenvalue weighted by molar-refractivity contribution is 9.10. The number of halogens is 1. The summed E-state index contributed by atoms with van der Waals surface area (Å²) in [4.78, 5) is 14.8. The number of amides is 1. The maximum Gasteiger partial charge on any atom is 0.270 e. The molecule has 1 fully saturated rings. The number of benzene rings is 1. The lowest BCUT2D eigenvalue weighted by molar-refractivity contribution is 0.0646. The number of aromatic nitrogens is 1. The van der Waals surface area contributed by atoms with Crippen LogP contribution in [0.4, 0.5) is 0 Å². The van der Waals surface area contributed by atoms with Crippen molar-refractivity contribution >= 4 is 21.8 Å². The van der Waals surface area contributed by atoms with Crippen LogP contribution in [-0.4, -0.2) is 41.1 Å². The van der Waals surface area contributed by atoms with Gasteiger partial charge in [0.05, 0.1) is 0 Å². The van der Waals surface area contributed by atoms with Gasteiger partial charge in [-0.25, -0.2) is 0 Å². The van der Waals surface area contributed by atoms with Gasteiger partial charge in [-0.3, -0.25) is 4.79 Å². The lowest BCUT2D eigenvalue weighted by Crippen LogP contribution is -2.52. The summed E-state index contributed by atoms with van der Waals surface area (Å²) in [5, 5.41) is 3.32. The maximum atomic E-state index is 12.8. The van der Waals surface area contributed by atoms with Crippen molar-refractivity contribution in [3.8, 4) is 11.3 Å². The molecule has 1 atom stereocenters. The molecule has 1 saturated heterocycles. The summed E-state index contributed by atoms with van der Waals surface area (Å²) in [5.41, 5.74) is 2.91. The van der Waals surface area contributed by atoms with Crippen LogP contribution < -0.4 is 5.32 Å². The summed E-state index contributed by atoms with van der Waals surface area (Å²) >= 11 is 3.45. The van der Waals surface area contributed by atoms with E-state index in [4.69, 9.17) is 0 Å². The van der Waals surface area contributed by atoms with Gasteiger partial charge in [-0.1, -0.05) is 28.1 Å². The Morgan fingerprint density at radius 2 is 1.95 bits per heavy atom. The molecule has 1 aliphatic heterocycles. The van der Waals surface area contributed by atoms with Gasteiger partial charge in [-0.05, 0) is 36.8 Å². The number of rotatable bonds is 2. The Morgan fingerprint density at radius 1 is 1.23 bits per heavy atom. The molecular formula is C17H20BrN3O. The number of carbonyl (C=O) groups excluding carboxylic acids is 1. The highest BCUT2D eigenvalue weighted by Crippen LogP contribution is 2.24. The van der Waals surface area contributed by atoms with Crippen LogP contribution >= 0.6 is 15.9 Å². The van der Waals surface area contributed by atoms with Crippen LogP contribution in [0.5, 0.6) is 0 Å². The topological polar surface area (TPSA) is 37.3 Å². The van der Waals surface area contributed by atoms with Crippen LogP contribution in [0.25, 0.3) is 11.3 Å². The monoisotopic (exact) mass is 361 g/mol. The molecule has 0 aliphatic carbocycles. The van der Waals surface area contributed by atoms with Crippen molar-refractivity contribution in [1.82, 2.24) is 14.8 Å². The van der Waals surface area contributed by atoms with E-state index in [2.05, 4.69) is 40.3 Å². The molecular weight excluding hydrogens is 342 g/mol. The van der Waals surface area contributed by atoms with E-state index in [-0.39, 0.29) is 11.9 Å². The van der Waals surface area contributed by atoms with Crippen molar-refractivity contribution in [2.24, 2.45) is 7.05 Å². The second-order valence-electron chi connectivity index (χ2n) is 5.72. The number of nitrogens with one attached hydrogen (secondary N) is 1. The second kappa shape index (κ2) is 6.26. The van der Waals surface area contributed by atoms with Crippen molar-refractivity contribution in [2.75, 3.05) is 19.6 Å². The van der Waals surface area contributed by atoms with E-state index in [9.17, 15) is 4.79 Å². The average Bonchev–Trinajstić information content (AvgIpc) is 2.90. The normalized spacial score (nSPS) is 18.5. The molecule has 5 heteroatoms. The first-order valence-electron chi connectivity index (χ1n) is 7.51. The lowest BCUT2D eigenvalue weighted by Gasteiger charge is -2.34. The van der Waals surface area contributed by atoms with Gasteiger partial charge in [0.15, 0.2) is 0 Å². The van der Waals surface area contributed by atoms with Gasteiger partial charge in [-0.2, -0.15) is 0 Å². The Balaban J connectivity index is 1.89. The van der Waals surface area contributed by atoms with Crippen LogP contribution in [0.15, 0.2) is 40.9 Å². The molecule has 1 N–H and O–H groups in total. The molecule has 3 rings (SSSR count). The zero-order chi connectivity index (χ0) is 15.7. The van der Waals surface area contributed by atoms with Crippen molar-refractivity contribution < 1.29 is 4.79 Å². The minimum atomic E-state index is 0.111.